The van der Waals surface area contributed by atoms with Crippen LogP contribution in [-0.2, 0) is 20.7 Å². The van der Waals surface area contributed by atoms with E-state index in [4.69, 9.17) is 9.47 Å². The average Bonchev–Trinajstić information content (AvgIpc) is 3.46. The molecule has 3 N–H and O–H groups in total. The summed E-state index contributed by atoms with van der Waals surface area (Å²) in [5.41, 5.74) is 3.11. The number of benzene rings is 3. The highest BCUT2D eigenvalue weighted by molar-refractivity contribution is 5.87. The first kappa shape index (κ1) is 37.6. The molecule has 0 heterocycles. The maximum Gasteiger partial charge on any atom is 0.243 e. The Morgan fingerprint density at radius 2 is 1.71 bits per heavy atom. The molecule has 0 aliphatic heterocycles. The minimum absolute atomic E-state index is 0.0526. The molecule has 3 aromatic carbocycles. The summed E-state index contributed by atoms with van der Waals surface area (Å²) >= 11 is 0. The summed E-state index contributed by atoms with van der Waals surface area (Å²) < 4.78 is 12.3. The third-order valence-electron chi connectivity index (χ3n) is 9.09. The van der Waals surface area contributed by atoms with Gasteiger partial charge in [0.25, 0.3) is 0 Å². The molecule has 8 nitrogen and oxygen atoms in total. The average molecular weight is 668 g/mol. The van der Waals surface area contributed by atoms with Crippen LogP contribution in [0, 0.1) is 0 Å². The minimum Gasteiger partial charge on any atom is -0.457 e. The third kappa shape index (κ3) is 11.1. The third-order valence-corrected chi connectivity index (χ3v) is 9.09. The van der Waals surface area contributed by atoms with Crippen molar-refractivity contribution in [3.8, 4) is 11.5 Å². The molecule has 1 aliphatic rings. The number of unbranched alkanes of at least 4 members (excludes halogenated alkanes) is 2. The Kier molecular flexibility index (Phi) is 15.1. The van der Waals surface area contributed by atoms with E-state index in [0.29, 0.717) is 38.7 Å². The number of amides is 2. The Morgan fingerprint density at radius 3 is 2.41 bits per heavy atom. The van der Waals surface area contributed by atoms with E-state index in [0.717, 1.165) is 47.5 Å². The lowest BCUT2D eigenvalue weighted by atomic mass is 9.99. The van der Waals surface area contributed by atoms with Gasteiger partial charge >= 0.3 is 0 Å². The summed E-state index contributed by atoms with van der Waals surface area (Å²) in [5.74, 6) is 1.14. The maximum atomic E-state index is 13.9. The molecular weight excluding hydrogens is 614 g/mol. The van der Waals surface area contributed by atoms with Gasteiger partial charge in [0.15, 0.2) is 0 Å². The quantitative estimate of drug-likeness (QED) is 0.0820. The van der Waals surface area contributed by atoms with Gasteiger partial charge in [0, 0.05) is 26.1 Å². The fourth-order valence-corrected chi connectivity index (χ4v) is 6.33. The summed E-state index contributed by atoms with van der Waals surface area (Å²) in [6.07, 6.45) is 7.77. The van der Waals surface area contributed by atoms with Crippen molar-refractivity contribution in [3.63, 3.8) is 0 Å². The van der Waals surface area contributed by atoms with Crippen LogP contribution >= 0.6 is 0 Å². The molecule has 2 amide bonds. The standard InChI is InChI=1S/C41H53N3O5/c1-5-8-12-22-40(46)44(4)37(21-9-6-2)41(47)43-36(26-30-17-13-10-14-18-30)38(45)29-42-35-28-39(48-25-7-3)33-24-23-32(27-34(33)35)49-31-19-15-11-16-20-31/h6-7,10-11,13-20,23-24,27,35-39,42,45H,2-3,5,8-9,12,21-22,25-26,28-29H2,1,4H3,(H,43,47)/t35?,36-,37-,38+,39?/m0/s1. The Bertz CT molecular complexity index is 1480. The molecule has 49 heavy (non-hydrogen) atoms. The number of allylic oxidation sites excluding steroid dienone is 1. The van der Waals surface area contributed by atoms with Gasteiger partial charge in [-0.1, -0.05) is 86.5 Å². The zero-order valence-corrected chi connectivity index (χ0v) is 29.1. The molecule has 262 valence electrons. The molecule has 4 rings (SSSR count). The molecule has 2 unspecified atom stereocenters. The van der Waals surface area contributed by atoms with E-state index in [1.54, 1.807) is 24.1 Å². The van der Waals surface area contributed by atoms with Crippen LogP contribution in [0.5, 0.6) is 11.5 Å². The van der Waals surface area contributed by atoms with E-state index in [1.807, 2.05) is 78.9 Å². The zero-order valence-electron chi connectivity index (χ0n) is 29.1. The van der Waals surface area contributed by atoms with Crippen LogP contribution in [0.25, 0.3) is 0 Å². The second-order valence-electron chi connectivity index (χ2n) is 12.7. The highest BCUT2D eigenvalue weighted by Gasteiger charge is 2.34. The van der Waals surface area contributed by atoms with E-state index in [2.05, 4.69) is 30.7 Å². The lowest BCUT2D eigenvalue weighted by molar-refractivity contribution is -0.140. The zero-order chi connectivity index (χ0) is 35.0. The summed E-state index contributed by atoms with van der Waals surface area (Å²) in [5, 5.41) is 18.4. The summed E-state index contributed by atoms with van der Waals surface area (Å²) in [6.45, 7) is 10.4. The van der Waals surface area contributed by atoms with E-state index >= 15 is 0 Å². The van der Waals surface area contributed by atoms with Crippen molar-refractivity contribution in [3.05, 3.63) is 121 Å². The van der Waals surface area contributed by atoms with Gasteiger partial charge in [0.2, 0.25) is 11.8 Å². The molecule has 0 saturated heterocycles. The van der Waals surface area contributed by atoms with Crippen LogP contribution in [-0.4, -0.2) is 60.2 Å². The number of hydrogen-bond acceptors (Lipinski definition) is 6. The fourth-order valence-electron chi connectivity index (χ4n) is 6.33. The summed E-state index contributed by atoms with van der Waals surface area (Å²) in [6, 6.07) is 24.1. The van der Waals surface area contributed by atoms with E-state index < -0.39 is 18.2 Å². The minimum atomic E-state index is -0.921. The second-order valence-corrected chi connectivity index (χ2v) is 12.7. The van der Waals surface area contributed by atoms with Crippen LogP contribution in [0.2, 0.25) is 0 Å². The largest absolute Gasteiger partial charge is 0.457 e. The number of carbonyl (C=O) groups excluding carboxylic acids is 2. The molecule has 0 radical (unpaired) electrons. The number of carbonyl (C=O) groups is 2. The van der Waals surface area contributed by atoms with Crippen LogP contribution in [0.4, 0.5) is 0 Å². The molecule has 0 bridgehead atoms. The first-order valence-corrected chi connectivity index (χ1v) is 17.6. The molecule has 0 spiro atoms. The number of ether oxygens (including phenoxy) is 2. The lowest BCUT2D eigenvalue weighted by Gasteiger charge is -2.31. The summed E-state index contributed by atoms with van der Waals surface area (Å²) in [7, 11) is 1.70. The van der Waals surface area contributed by atoms with Crippen molar-refractivity contribution < 1.29 is 24.2 Å². The number of rotatable bonds is 21. The van der Waals surface area contributed by atoms with Gasteiger partial charge in [-0.3, -0.25) is 9.59 Å². The van der Waals surface area contributed by atoms with E-state index in [-0.39, 0.29) is 30.5 Å². The van der Waals surface area contributed by atoms with Crippen LogP contribution in [0.15, 0.2) is 104 Å². The first-order valence-electron chi connectivity index (χ1n) is 17.6. The number of aliphatic hydroxyl groups excluding tert-OH is 1. The van der Waals surface area contributed by atoms with Gasteiger partial charge in [0.1, 0.15) is 17.5 Å². The molecule has 1 aliphatic carbocycles. The highest BCUT2D eigenvalue weighted by Crippen LogP contribution is 2.43. The number of para-hydroxylation sites is 1. The van der Waals surface area contributed by atoms with Crippen LogP contribution < -0.4 is 15.4 Å². The first-order chi connectivity index (χ1) is 23.8. The Hall–Kier alpha value is -4.24. The van der Waals surface area contributed by atoms with Crippen molar-refractivity contribution in [1.82, 2.24) is 15.5 Å². The number of aliphatic hydroxyl groups is 1. The molecular formula is C41H53N3O5. The highest BCUT2D eigenvalue weighted by atomic mass is 16.5. The van der Waals surface area contributed by atoms with Gasteiger partial charge in [-0.2, -0.15) is 0 Å². The summed E-state index contributed by atoms with van der Waals surface area (Å²) in [4.78, 5) is 28.5. The lowest BCUT2D eigenvalue weighted by Crippen LogP contribution is -2.55. The normalized spacial score (nSPS) is 17.0. The van der Waals surface area contributed by atoms with Crippen LogP contribution in [0.1, 0.15) is 80.7 Å². The van der Waals surface area contributed by atoms with Crippen molar-refractivity contribution >= 4 is 11.8 Å². The van der Waals surface area contributed by atoms with Gasteiger partial charge in [-0.15, -0.1) is 13.2 Å². The monoisotopic (exact) mass is 667 g/mol. The second kappa shape index (κ2) is 19.7. The van der Waals surface area contributed by atoms with Crippen molar-refractivity contribution in [2.75, 3.05) is 20.2 Å². The van der Waals surface area contributed by atoms with Crippen molar-refractivity contribution in [2.45, 2.75) is 88.6 Å². The SMILES string of the molecule is C=CCC[C@@H](C(=O)N[C@@H](Cc1ccccc1)[C@H](O)CNC1CC(OCC=C)c2ccc(Oc3ccccc3)cc21)N(C)C(=O)CCCCC. The molecule has 0 fully saturated rings. The van der Waals surface area contributed by atoms with Crippen molar-refractivity contribution in [2.24, 2.45) is 0 Å². The molecule has 3 aromatic rings. The Labute approximate surface area is 292 Å². The number of nitrogens with zero attached hydrogens (tertiary/aromatic N) is 1. The number of likely N-dealkylation sites (N-methyl/N-ethyl adjacent to an activating group) is 1. The van der Waals surface area contributed by atoms with Gasteiger partial charge in [-0.05, 0) is 73.1 Å². The molecule has 5 atom stereocenters. The van der Waals surface area contributed by atoms with Gasteiger partial charge < -0.3 is 30.1 Å². The van der Waals surface area contributed by atoms with E-state index in [9.17, 15) is 14.7 Å². The maximum absolute atomic E-state index is 13.9. The smallest absolute Gasteiger partial charge is 0.243 e. The number of fused-ring (bicyclic) bond motifs is 1. The van der Waals surface area contributed by atoms with E-state index in [1.165, 1.54) is 0 Å². The predicted octanol–water partition coefficient (Wildman–Crippen LogP) is 7.22. The number of nitrogens with one attached hydrogen (secondary N) is 2. The fraction of sp³-hybridized carbons (Fsp3) is 0.415. The Balaban J connectivity index is 1.51. The molecule has 8 heteroatoms. The van der Waals surface area contributed by atoms with Gasteiger partial charge in [0.05, 0.1) is 24.9 Å². The molecule has 0 saturated carbocycles. The number of hydrogen-bond donors (Lipinski definition) is 3. The molecule has 0 aromatic heterocycles. The van der Waals surface area contributed by atoms with Crippen molar-refractivity contribution in [1.29, 1.82) is 0 Å². The topological polar surface area (TPSA) is 100 Å². The van der Waals surface area contributed by atoms with Gasteiger partial charge in [-0.25, -0.2) is 0 Å². The Morgan fingerprint density at radius 1 is 0.980 bits per heavy atom. The predicted molar refractivity (Wildman–Crippen MR) is 195 cm³/mol. The van der Waals surface area contributed by atoms with Crippen LogP contribution in [0.3, 0.4) is 0 Å².